The zero-order valence-electron chi connectivity index (χ0n) is 10.0. The lowest BCUT2D eigenvalue weighted by Crippen LogP contribution is -2.14. The molecule has 2 aromatic carbocycles. The highest BCUT2D eigenvalue weighted by atomic mass is 127. The van der Waals surface area contributed by atoms with E-state index in [1.807, 2.05) is 19.1 Å². The Kier molecular flexibility index (Phi) is 4.42. The zero-order chi connectivity index (χ0) is 14.0. The summed E-state index contributed by atoms with van der Waals surface area (Å²) in [6.07, 6.45) is 0. The van der Waals surface area contributed by atoms with E-state index >= 15 is 0 Å². The topological polar surface area (TPSA) is 29.1 Å². The Morgan fingerprint density at radius 3 is 2.74 bits per heavy atom. The van der Waals surface area contributed by atoms with E-state index in [1.165, 1.54) is 12.1 Å². The number of hydrogen-bond acceptors (Lipinski definition) is 1. The first kappa shape index (κ1) is 14.3. The lowest BCUT2D eigenvalue weighted by atomic mass is 10.1. The molecule has 0 aliphatic carbocycles. The molecule has 0 heterocycles. The van der Waals surface area contributed by atoms with Gasteiger partial charge >= 0.3 is 0 Å². The van der Waals surface area contributed by atoms with Crippen LogP contribution in [-0.4, -0.2) is 5.91 Å². The van der Waals surface area contributed by atoms with Gasteiger partial charge in [0.25, 0.3) is 5.91 Å². The molecule has 2 rings (SSSR count). The largest absolute Gasteiger partial charge is 0.322 e. The summed E-state index contributed by atoms with van der Waals surface area (Å²) < 4.78 is 14.2. The molecule has 0 atom stereocenters. The molecule has 0 spiro atoms. The number of benzene rings is 2. The van der Waals surface area contributed by atoms with Gasteiger partial charge in [-0.25, -0.2) is 4.39 Å². The van der Waals surface area contributed by atoms with Crippen molar-refractivity contribution in [1.82, 2.24) is 0 Å². The SMILES string of the molecule is Cc1cccc(C(=O)Nc2ccc(Cl)c(F)c2)c1I. The van der Waals surface area contributed by atoms with Crippen molar-refractivity contribution in [2.45, 2.75) is 6.92 Å². The second-order valence-corrected chi connectivity index (χ2v) is 5.51. The average Bonchev–Trinajstić information content (AvgIpc) is 2.37. The van der Waals surface area contributed by atoms with Gasteiger partial charge in [0.2, 0.25) is 0 Å². The van der Waals surface area contributed by atoms with E-state index in [0.29, 0.717) is 11.3 Å². The zero-order valence-corrected chi connectivity index (χ0v) is 12.9. The summed E-state index contributed by atoms with van der Waals surface area (Å²) in [5.41, 5.74) is 1.97. The fraction of sp³-hybridized carbons (Fsp3) is 0.0714. The minimum Gasteiger partial charge on any atom is -0.322 e. The van der Waals surface area contributed by atoms with Crippen molar-refractivity contribution in [3.05, 3.63) is 61.9 Å². The quantitative estimate of drug-likeness (QED) is 0.745. The summed E-state index contributed by atoms with van der Waals surface area (Å²) in [5, 5.41) is 2.68. The summed E-state index contributed by atoms with van der Waals surface area (Å²) in [4.78, 5) is 12.1. The Morgan fingerprint density at radius 1 is 1.32 bits per heavy atom. The molecule has 0 aromatic heterocycles. The van der Waals surface area contributed by atoms with Crippen LogP contribution in [0.25, 0.3) is 0 Å². The van der Waals surface area contributed by atoms with E-state index in [0.717, 1.165) is 9.13 Å². The van der Waals surface area contributed by atoms with E-state index in [1.54, 1.807) is 12.1 Å². The molecule has 0 aliphatic heterocycles. The maximum atomic E-state index is 13.3. The molecule has 1 N–H and O–H groups in total. The average molecular weight is 390 g/mol. The highest BCUT2D eigenvalue weighted by Gasteiger charge is 2.12. The smallest absolute Gasteiger partial charge is 0.256 e. The van der Waals surface area contributed by atoms with Gasteiger partial charge < -0.3 is 5.32 Å². The third-order valence-electron chi connectivity index (χ3n) is 2.61. The number of halogens is 3. The van der Waals surface area contributed by atoms with Crippen molar-refractivity contribution in [3.63, 3.8) is 0 Å². The molecule has 0 aliphatic rings. The second kappa shape index (κ2) is 5.88. The first-order valence-electron chi connectivity index (χ1n) is 5.50. The number of rotatable bonds is 2. The predicted octanol–water partition coefficient (Wildman–Crippen LogP) is 4.64. The van der Waals surface area contributed by atoms with Crippen molar-refractivity contribution < 1.29 is 9.18 Å². The van der Waals surface area contributed by atoms with E-state index in [2.05, 4.69) is 27.9 Å². The van der Waals surface area contributed by atoms with Gasteiger partial charge in [-0.1, -0.05) is 23.7 Å². The van der Waals surface area contributed by atoms with Crippen LogP contribution >= 0.6 is 34.2 Å². The Morgan fingerprint density at radius 2 is 2.05 bits per heavy atom. The van der Waals surface area contributed by atoms with Crippen LogP contribution in [0.15, 0.2) is 36.4 Å². The number of carbonyl (C=O) groups excluding carboxylic acids is 1. The van der Waals surface area contributed by atoms with Gasteiger partial charge in [-0.3, -0.25) is 4.79 Å². The van der Waals surface area contributed by atoms with E-state index in [9.17, 15) is 9.18 Å². The summed E-state index contributed by atoms with van der Waals surface area (Å²) in [6, 6.07) is 9.65. The van der Waals surface area contributed by atoms with Gasteiger partial charge in [0.15, 0.2) is 0 Å². The Labute approximate surface area is 129 Å². The monoisotopic (exact) mass is 389 g/mol. The van der Waals surface area contributed by atoms with Gasteiger partial charge in [-0.15, -0.1) is 0 Å². The minimum atomic E-state index is -0.557. The maximum Gasteiger partial charge on any atom is 0.256 e. The number of aryl methyl sites for hydroxylation is 1. The van der Waals surface area contributed by atoms with Crippen LogP contribution in [0, 0.1) is 16.3 Å². The highest BCUT2D eigenvalue weighted by molar-refractivity contribution is 14.1. The maximum absolute atomic E-state index is 13.3. The van der Waals surface area contributed by atoms with Crippen molar-refractivity contribution in [2.24, 2.45) is 0 Å². The van der Waals surface area contributed by atoms with Crippen LogP contribution in [0.1, 0.15) is 15.9 Å². The molecule has 5 heteroatoms. The summed E-state index contributed by atoms with van der Waals surface area (Å²) >= 11 is 7.71. The molecule has 0 unspecified atom stereocenters. The summed E-state index contributed by atoms with van der Waals surface area (Å²) in [6.45, 7) is 1.93. The standard InChI is InChI=1S/C14H10ClFINO/c1-8-3-2-4-10(13(8)17)14(19)18-9-5-6-11(15)12(16)7-9/h2-7H,1H3,(H,18,19). The third kappa shape index (κ3) is 3.25. The summed E-state index contributed by atoms with van der Waals surface area (Å²) in [5.74, 6) is -0.826. The Hall–Kier alpha value is -1.14. The number of anilines is 1. The first-order valence-corrected chi connectivity index (χ1v) is 6.96. The molecule has 19 heavy (non-hydrogen) atoms. The predicted molar refractivity (Wildman–Crippen MR) is 83.3 cm³/mol. The number of hydrogen-bond donors (Lipinski definition) is 1. The number of carbonyl (C=O) groups is 1. The molecule has 2 nitrogen and oxygen atoms in total. The van der Waals surface area contributed by atoms with Crippen LogP contribution in [0.5, 0.6) is 0 Å². The molecule has 1 amide bonds. The molecule has 2 aromatic rings. The molecule has 0 fully saturated rings. The van der Waals surface area contributed by atoms with Crippen LogP contribution in [0.4, 0.5) is 10.1 Å². The van der Waals surface area contributed by atoms with Crippen molar-refractivity contribution in [1.29, 1.82) is 0 Å². The normalized spacial score (nSPS) is 10.3. The first-order chi connectivity index (χ1) is 8.99. The van der Waals surface area contributed by atoms with Gasteiger partial charge in [-0.2, -0.15) is 0 Å². The van der Waals surface area contributed by atoms with E-state index in [-0.39, 0.29) is 10.9 Å². The van der Waals surface area contributed by atoms with Gasteiger partial charge in [0.05, 0.1) is 10.6 Å². The van der Waals surface area contributed by atoms with Crippen LogP contribution in [-0.2, 0) is 0 Å². The second-order valence-electron chi connectivity index (χ2n) is 4.02. The van der Waals surface area contributed by atoms with Crippen molar-refractivity contribution in [3.8, 4) is 0 Å². The highest BCUT2D eigenvalue weighted by Crippen LogP contribution is 2.21. The van der Waals surface area contributed by atoms with Crippen LogP contribution in [0.2, 0.25) is 5.02 Å². The van der Waals surface area contributed by atoms with Crippen molar-refractivity contribution in [2.75, 3.05) is 5.32 Å². The molecule has 98 valence electrons. The molecular formula is C14H10ClFINO. The van der Waals surface area contributed by atoms with Crippen molar-refractivity contribution >= 4 is 45.8 Å². The van der Waals surface area contributed by atoms with E-state index < -0.39 is 5.82 Å². The van der Waals surface area contributed by atoms with Crippen LogP contribution < -0.4 is 5.32 Å². The number of nitrogens with one attached hydrogen (secondary N) is 1. The lowest BCUT2D eigenvalue weighted by Gasteiger charge is -2.09. The lowest BCUT2D eigenvalue weighted by molar-refractivity contribution is 0.102. The van der Waals surface area contributed by atoms with Gasteiger partial charge in [0.1, 0.15) is 5.82 Å². The summed E-state index contributed by atoms with van der Waals surface area (Å²) in [7, 11) is 0. The molecule has 0 saturated carbocycles. The third-order valence-corrected chi connectivity index (χ3v) is 4.35. The minimum absolute atomic E-state index is 0.0307. The molecule has 0 radical (unpaired) electrons. The molecule has 0 bridgehead atoms. The molecule has 0 saturated heterocycles. The van der Waals surface area contributed by atoms with Gasteiger partial charge in [-0.05, 0) is 59.3 Å². The molecular weight excluding hydrogens is 380 g/mol. The fourth-order valence-corrected chi connectivity index (χ4v) is 2.32. The Balaban J connectivity index is 2.26. The van der Waals surface area contributed by atoms with Crippen LogP contribution in [0.3, 0.4) is 0 Å². The van der Waals surface area contributed by atoms with Gasteiger partial charge in [0, 0.05) is 9.26 Å². The number of amides is 1. The van der Waals surface area contributed by atoms with E-state index in [4.69, 9.17) is 11.6 Å². The Bertz CT molecular complexity index is 645. The fourth-order valence-electron chi connectivity index (χ4n) is 1.60.